The van der Waals surface area contributed by atoms with Gasteiger partial charge < -0.3 is 24.5 Å². The lowest BCUT2D eigenvalue weighted by Gasteiger charge is -2.35. The highest BCUT2D eigenvalue weighted by Gasteiger charge is 2.57. The van der Waals surface area contributed by atoms with Crippen LogP contribution in [-0.2, 0) is 15.8 Å². The van der Waals surface area contributed by atoms with Gasteiger partial charge in [-0.1, -0.05) is 31.5 Å². The lowest BCUT2D eigenvalue weighted by atomic mass is 9.84. The van der Waals surface area contributed by atoms with Gasteiger partial charge in [-0.15, -0.1) is 0 Å². The summed E-state index contributed by atoms with van der Waals surface area (Å²) in [6.45, 7) is 4.77. The second-order valence-corrected chi connectivity index (χ2v) is 13.4. The van der Waals surface area contributed by atoms with Crippen LogP contribution in [0.25, 0.3) is 0 Å². The maximum absolute atomic E-state index is 17.7. The lowest BCUT2D eigenvalue weighted by molar-refractivity contribution is -0.143. The number of aliphatic carboxylic acids is 1. The van der Waals surface area contributed by atoms with Gasteiger partial charge in [-0.25, -0.2) is 14.4 Å². The van der Waals surface area contributed by atoms with Crippen molar-refractivity contribution in [2.24, 2.45) is 11.8 Å². The highest BCUT2D eigenvalue weighted by atomic mass is 19.4. The van der Waals surface area contributed by atoms with Crippen molar-refractivity contribution < 1.29 is 37.0 Å². The molecule has 3 saturated heterocycles. The molecule has 1 N–H and O–H groups in total. The standard InChI is InChI=1S/C36H41F4N5O4/c1-4-23-17-44(18-29(23)28-10-7-26(36(38,39)40)16-31(28)43-13-11-25(12-14-43)33(46)47)34(48)35(37)20-45(32-15-22(2)41-21-42-32)19-30(35)24-5-8-27(49-3)9-6-24/h5-10,15-16,21,23,25,29-30H,4,11-14,17-20H2,1-3H3,(H,46,47)/t23-,29-,30-,35-/m0/s1. The van der Waals surface area contributed by atoms with Gasteiger partial charge in [0.15, 0.2) is 0 Å². The Morgan fingerprint density at radius 3 is 2.33 bits per heavy atom. The number of ether oxygens (including phenoxy) is 1. The van der Waals surface area contributed by atoms with Crippen molar-refractivity contribution in [2.75, 3.05) is 56.2 Å². The van der Waals surface area contributed by atoms with Gasteiger partial charge in [-0.2, -0.15) is 13.2 Å². The molecule has 2 aromatic carbocycles. The molecule has 0 aliphatic carbocycles. The number of carbonyl (C=O) groups is 2. The molecule has 0 radical (unpaired) electrons. The number of anilines is 2. The summed E-state index contributed by atoms with van der Waals surface area (Å²) in [6.07, 6.45) is -1.89. The first-order chi connectivity index (χ1) is 23.3. The molecule has 0 spiro atoms. The first kappa shape index (κ1) is 34.4. The van der Waals surface area contributed by atoms with E-state index in [0.717, 1.165) is 12.1 Å². The fraction of sp³-hybridized carbons (Fsp3) is 0.500. The Labute approximate surface area is 282 Å². The third kappa shape index (κ3) is 6.76. The number of aryl methyl sites for hydroxylation is 1. The molecule has 0 bridgehead atoms. The van der Waals surface area contributed by atoms with Crippen molar-refractivity contribution in [2.45, 2.75) is 56.8 Å². The molecule has 3 aliphatic rings. The minimum Gasteiger partial charge on any atom is -0.497 e. The molecular weight excluding hydrogens is 642 g/mol. The Morgan fingerprint density at radius 2 is 1.71 bits per heavy atom. The van der Waals surface area contributed by atoms with Gasteiger partial charge in [0.2, 0.25) is 5.67 Å². The number of carboxylic acids is 1. The maximum atomic E-state index is 17.7. The van der Waals surface area contributed by atoms with Crippen molar-refractivity contribution in [1.29, 1.82) is 0 Å². The van der Waals surface area contributed by atoms with E-state index in [9.17, 15) is 27.9 Å². The number of likely N-dealkylation sites (tertiary alicyclic amines) is 1. The van der Waals surface area contributed by atoms with E-state index in [0.29, 0.717) is 66.4 Å². The Morgan fingerprint density at radius 1 is 1.00 bits per heavy atom. The molecule has 0 unspecified atom stereocenters. The third-order valence-corrected chi connectivity index (χ3v) is 10.6. The van der Waals surface area contributed by atoms with E-state index < -0.39 is 41.1 Å². The molecule has 3 aliphatic heterocycles. The number of aromatic nitrogens is 2. The summed E-state index contributed by atoms with van der Waals surface area (Å²) in [5, 5.41) is 9.49. The first-order valence-corrected chi connectivity index (χ1v) is 16.7. The summed E-state index contributed by atoms with van der Waals surface area (Å²) in [5.41, 5.74) is -0.699. The molecule has 49 heavy (non-hydrogen) atoms. The highest BCUT2D eigenvalue weighted by molar-refractivity contribution is 5.89. The molecule has 4 atom stereocenters. The van der Waals surface area contributed by atoms with Crippen molar-refractivity contribution in [3.05, 3.63) is 77.2 Å². The van der Waals surface area contributed by atoms with Crippen LogP contribution in [0, 0.1) is 18.8 Å². The van der Waals surface area contributed by atoms with Gasteiger partial charge in [0.05, 0.1) is 25.1 Å². The number of benzene rings is 2. The van der Waals surface area contributed by atoms with E-state index in [1.807, 2.05) is 18.7 Å². The highest BCUT2D eigenvalue weighted by Crippen LogP contribution is 2.47. The fourth-order valence-electron chi connectivity index (χ4n) is 7.77. The van der Waals surface area contributed by atoms with E-state index in [1.165, 1.54) is 12.4 Å². The minimum absolute atomic E-state index is 0.124. The van der Waals surface area contributed by atoms with Crippen LogP contribution in [0.3, 0.4) is 0 Å². The van der Waals surface area contributed by atoms with Gasteiger partial charge in [0.1, 0.15) is 17.9 Å². The summed E-state index contributed by atoms with van der Waals surface area (Å²) >= 11 is 0. The molecule has 13 heteroatoms. The number of piperidine rings is 1. The molecule has 3 aromatic rings. The number of halogens is 4. The predicted molar refractivity (Wildman–Crippen MR) is 176 cm³/mol. The lowest BCUT2D eigenvalue weighted by Crippen LogP contribution is -2.50. The molecule has 0 saturated carbocycles. The summed E-state index contributed by atoms with van der Waals surface area (Å²) < 4.78 is 64.7. The monoisotopic (exact) mass is 683 g/mol. The Balaban J connectivity index is 1.32. The van der Waals surface area contributed by atoms with Gasteiger partial charge in [-0.3, -0.25) is 9.59 Å². The summed E-state index contributed by atoms with van der Waals surface area (Å²) in [6, 6.07) is 12.5. The van der Waals surface area contributed by atoms with Crippen LogP contribution in [0.2, 0.25) is 0 Å². The number of methoxy groups -OCH3 is 1. The molecular formula is C36H41F4N5O4. The van der Waals surface area contributed by atoms with E-state index >= 15 is 4.39 Å². The van der Waals surface area contributed by atoms with Crippen molar-refractivity contribution in [3.8, 4) is 5.75 Å². The van der Waals surface area contributed by atoms with E-state index in [2.05, 4.69) is 9.97 Å². The quantitative estimate of drug-likeness (QED) is 0.286. The van der Waals surface area contributed by atoms with Gasteiger partial charge in [0, 0.05) is 62.0 Å². The molecule has 6 rings (SSSR count). The van der Waals surface area contributed by atoms with Gasteiger partial charge in [0.25, 0.3) is 5.91 Å². The number of carboxylic acid groups (broad SMARTS) is 1. The number of hydrogen-bond acceptors (Lipinski definition) is 7. The largest absolute Gasteiger partial charge is 0.497 e. The topological polar surface area (TPSA) is 99.1 Å². The van der Waals surface area contributed by atoms with E-state index in [-0.39, 0.29) is 38.0 Å². The number of nitrogens with zero attached hydrogens (tertiary/aromatic N) is 5. The first-order valence-electron chi connectivity index (χ1n) is 16.7. The van der Waals surface area contributed by atoms with Crippen molar-refractivity contribution in [3.63, 3.8) is 0 Å². The third-order valence-electron chi connectivity index (χ3n) is 10.6. The average molecular weight is 684 g/mol. The van der Waals surface area contributed by atoms with E-state index in [4.69, 9.17) is 4.74 Å². The molecule has 4 heterocycles. The molecule has 3 fully saturated rings. The molecule has 1 amide bonds. The fourth-order valence-corrected chi connectivity index (χ4v) is 7.77. The van der Waals surface area contributed by atoms with E-state index in [1.54, 1.807) is 47.2 Å². The Bertz CT molecular complexity index is 1680. The van der Waals surface area contributed by atoms with Crippen LogP contribution < -0.4 is 14.5 Å². The zero-order valence-corrected chi connectivity index (χ0v) is 27.8. The zero-order chi connectivity index (χ0) is 35.1. The van der Waals surface area contributed by atoms with Gasteiger partial charge >= 0.3 is 12.1 Å². The van der Waals surface area contributed by atoms with Crippen LogP contribution in [0.15, 0.2) is 54.9 Å². The summed E-state index contributed by atoms with van der Waals surface area (Å²) in [5.74, 6) is -2.28. The van der Waals surface area contributed by atoms with Crippen LogP contribution in [-0.4, -0.2) is 83.9 Å². The number of carbonyl (C=O) groups excluding carboxylic acids is 1. The number of amides is 1. The van der Waals surface area contributed by atoms with Crippen LogP contribution in [0.5, 0.6) is 5.75 Å². The molecule has 9 nitrogen and oxygen atoms in total. The maximum Gasteiger partial charge on any atom is 0.416 e. The minimum atomic E-state index is -4.57. The Kier molecular flexibility index (Phi) is 9.47. The van der Waals surface area contributed by atoms with Crippen molar-refractivity contribution >= 4 is 23.4 Å². The zero-order valence-electron chi connectivity index (χ0n) is 27.8. The summed E-state index contributed by atoms with van der Waals surface area (Å²) in [7, 11) is 1.54. The second kappa shape index (κ2) is 13.5. The normalized spacial score (nSPS) is 24.8. The molecule has 262 valence electrons. The van der Waals surface area contributed by atoms with Gasteiger partial charge in [-0.05, 0) is 61.1 Å². The number of alkyl halides is 4. The summed E-state index contributed by atoms with van der Waals surface area (Å²) in [4.78, 5) is 39.7. The van der Waals surface area contributed by atoms with Crippen LogP contribution >= 0.6 is 0 Å². The second-order valence-electron chi connectivity index (χ2n) is 13.4. The number of hydrogen-bond donors (Lipinski definition) is 1. The Hall–Kier alpha value is -4.42. The smallest absolute Gasteiger partial charge is 0.416 e. The average Bonchev–Trinajstić information content (AvgIpc) is 3.69. The SMILES string of the molecule is CC[C@H]1CN(C(=O)[C@]2(F)CN(c3cc(C)ncn3)C[C@H]2c2ccc(OC)cc2)C[C@@H]1c1ccc(C(F)(F)F)cc1N1CCC(C(=O)O)CC1. The number of rotatable bonds is 8. The van der Waals surface area contributed by atoms with Crippen molar-refractivity contribution in [1.82, 2.24) is 14.9 Å². The van der Waals surface area contributed by atoms with Crippen LogP contribution in [0.1, 0.15) is 60.4 Å². The molecule has 1 aromatic heterocycles. The predicted octanol–water partition coefficient (Wildman–Crippen LogP) is 6.08. The van der Waals surface area contributed by atoms with Crippen LogP contribution in [0.4, 0.5) is 29.1 Å².